The van der Waals surface area contributed by atoms with Crippen LogP contribution in [-0.4, -0.2) is 40.6 Å². The van der Waals surface area contributed by atoms with E-state index < -0.39 is 8.03 Å². The first kappa shape index (κ1) is 14.3. The van der Waals surface area contributed by atoms with E-state index in [-0.39, 0.29) is 29.6 Å². The van der Waals surface area contributed by atoms with Gasteiger partial charge in [-0.3, -0.25) is 0 Å². The van der Waals surface area contributed by atoms with Gasteiger partial charge in [-0.25, -0.2) is 0 Å². The molecular weight excluding hydrogens is 206 g/mol. The van der Waals surface area contributed by atoms with E-state index >= 15 is 0 Å². The van der Waals surface area contributed by atoms with Crippen LogP contribution in [0.2, 0.25) is 0 Å². The van der Waals surface area contributed by atoms with Gasteiger partial charge in [-0.15, -0.1) is 0 Å². The smallest absolute Gasteiger partial charge is 0.161 e. The average molecular weight is 220 g/mol. The van der Waals surface area contributed by atoms with E-state index in [0.717, 1.165) is 19.3 Å². The zero-order chi connectivity index (χ0) is 9.52. The van der Waals surface area contributed by atoms with Crippen molar-refractivity contribution >= 4 is 37.6 Å². The van der Waals surface area contributed by atoms with Crippen molar-refractivity contribution in [1.82, 2.24) is 0 Å². The summed E-state index contributed by atoms with van der Waals surface area (Å²) in [5.41, 5.74) is 1.30. The third kappa shape index (κ3) is 6.69. The van der Waals surface area contributed by atoms with Gasteiger partial charge >= 0.3 is 8.03 Å². The summed E-state index contributed by atoms with van der Waals surface area (Å²) < 4.78 is 10.4. The van der Waals surface area contributed by atoms with Crippen molar-refractivity contribution in [3.8, 4) is 0 Å². The summed E-state index contributed by atoms with van der Waals surface area (Å²) in [6.45, 7) is 0. The molecule has 0 bridgehead atoms. The van der Waals surface area contributed by atoms with Crippen molar-refractivity contribution < 1.29 is 9.46 Å². The van der Waals surface area contributed by atoms with Crippen LogP contribution in [0.15, 0.2) is 30.3 Å². The fraction of sp³-hybridized carbons (Fsp3) is 0.400. The standard InChI is InChI=1S/C10H13O2P.Na/c11-13(12)9-5-4-8-10-6-2-1-3-7-10;/h1-3,6-7H,4-5,8-9H2;/p+1. The third-order valence-corrected chi connectivity index (χ3v) is 2.61. The number of hydrogen-bond acceptors (Lipinski definition) is 1. The summed E-state index contributed by atoms with van der Waals surface area (Å²) in [5, 5.41) is 0. The van der Waals surface area contributed by atoms with E-state index in [9.17, 15) is 4.57 Å². The zero-order valence-corrected chi connectivity index (χ0v) is 11.4. The fourth-order valence-electron chi connectivity index (χ4n) is 1.22. The second-order valence-electron chi connectivity index (χ2n) is 3.02. The van der Waals surface area contributed by atoms with Crippen LogP contribution >= 0.6 is 8.03 Å². The number of aryl methyl sites for hydroxylation is 1. The van der Waals surface area contributed by atoms with Gasteiger partial charge in [-0.05, 0) is 29.4 Å². The van der Waals surface area contributed by atoms with Crippen LogP contribution in [0.4, 0.5) is 0 Å². The van der Waals surface area contributed by atoms with Gasteiger partial charge in [0, 0.05) is 29.6 Å². The van der Waals surface area contributed by atoms with E-state index in [1.165, 1.54) is 5.56 Å². The van der Waals surface area contributed by atoms with Gasteiger partial charge in [0.15, 0.2) is 6.16 Å². The van der Waals surface area contributed by atoms with Crippen molar-refractivity contribution in [2.75, 3.05) is 6.16 Å². The molecule has 0 spiro atoms. The molecule has 14 heavy (non-hydrogen) atoms. The minimum atomic E-state index is -1.93. The van der Waals surface area contributed by atoms with Gasteiger partial charge in [0.1, 0.15) is 0 Å². The minimum Gasteiger partial charge on any atom is -0.161 e. The van der Waals surface area contributed by atoms with Crippen LogP contribution in [0, 0.1) is 0 Å². The van der Waals surface area contributed by atoms with Crippen LogP contribution in [0.5, 0.6) is 0 Å². The quantitative estimate of drug-likeness (QED) is 0.470. The van der Waals surface area contributed by atoms with Gasteiger partial charge in [-0.1, -0.05) is 30.3 Å². The first-order chi connectivity index (χ1) is 6.29. The van der Waals surface area contributed by atoms with Crippen molar-refractivity contribution in [2.45, 2.75) is 19.3 Å². The third-order valence-electron chi connectivity index (χ3n) is 1.91. The maximum Gasteiger partial charge on any atom is 0.505 e. The van der Waals surface area contributed by atoms with Crippen molar-refractivity contribution in [2.24, 2.45) is 0 Å². The van der Waals surface area contributed by atoms with Gasteiger partial charge in [0.05, 0.1) is 0 Å². The Bertz CT molecular complexity index is 264. The first-order valence-electron chi connectivity index (χ1n) is 4.46. The Morgan fingerprint density at radius 1 is 1.14 bits per heavy atom. The summed E-state index contributed by atoms with van der Waals surface area (Å²) in [5.74, 6) is 0. The van der Waals surface area contributed by atoms with Gasteiger partial charge in [-0.2, -0.15) is 4.89 Å². The van der Waals surface area contributed by atoms with Crippen LogP contribution in [0.25, 0.3) is 0 Å². The molecule has 0 aliphatic carbocycles. The maximum absolute atomic E-state index is 10.4. The van der Waals surface area contributed by atoms with Gasteiger partial charge < -0.3 is 0 Å². The van der Waals surface area contributed by atoms with Crippen LogP contribution < -0.4 is 0 Å². The van der Waals surface area contributed by atoms with Crippen LogP contribution in [-0.2, 0) is 11.0 Å². The Labute approximate surface area is 108 Å². The monoisotopic (exact) mass is 220 g/mol. The molecule has 71 valence electrons. The molecule has 1 rings (SSSR count). The molecule has 0 fully saturated rings. The molecule has 0 saturated carbocycles. The van der Waals surface area contributed by atoms with E-state index in [0.29, 0.717) is 6.16 Å². The predicted octanol–water partition coefficient (Wildman–Crippen LogP) is 2.36. The Hall–Kier alpha value is 0.280. The Kier molecular flexibility index (Phi) is 8.75. The molecule has 2 nitrogen and oxygen atoms in total. The molecule has 0 amide bonds. The van der Waals surface area contributed by atoms with Crippen molar-refractivity contribution in [3.05, 3.63) is 35.9 Å². The molecule has 0 aliphatic heterocycles. The summed E-state index contributed by atoms with van der Waals surface area (Å²) in [6, 6.07) is 10.2. The average Bonchev–Trinajstić information content (AvgIpc) is 2.14. The predicted molar refractivity (Wildman–Crippen MR) is 59.8 cm³/mol. The van der Waals surface area contributed by atoms with E-state index in [1.54, 1.807) is 0 Å². The SMILES string of the molecule is O=[P+](O)CCCCc1ccccc1.[Na]. The summed E-state index contributed by atoms with van der Waals surface area (Å²) >= 11 is 0. The summed E-state index contributed by atoms with van der Waals surface area (Å²) in [6.07, 6.45) is 3.26. The van der Waals surface area contributed by atoms with E-state index in [1.807, 2.05) is 18.2 Å². The number of rotatable bonds is 5. The molecule has 1 N–H and O–H groups in total. The summed E-state index contributed by atoms with van der Waals surface area (Å²) in [4.78, 5) is 8.56. The number of benzene rings is 1. The van der Waals surface area contributed by atoms with Crippen LogP contribution in [0.1, 0.15) is 18.4 Å². The Morgan fingerprint density at radius 3 is 2.36 bits per heavy atom. The topological polar surface area (TPSA) is 37.3 Å². The molecule has 1 unspecified atom stereocenters. The summed E-state index contributed by atoms with van der Waals surface area (Å²) in [7, 11) is -1.93. The normalized spacial score (nSPS) is 10.5. The second-order valence-corrected chi connectivity index (χ2v) is 4.17. The largest absolute Gasteiger partial charge is 0.505 e. The first-order valence-corrected chi connectivity index (χ1v) is 5.86. The molecular formula is C10H14NaO2P+. The zero-order valence-electron chi connectivity index (χ0n) is 8.52. The molecule has 0 heterocycles. The molecule has 1 atom stereocenters. The van der Waals surface area contributed by atoms with E-state index in [4.69, 9.17) is 4.89 Å². The molecule has 1 aromatic rings. The second kappa shape index (κ2) is 8.58. The van der Waals surface area contributed by atoms with Crippen molar-refractivity contribution in [1.29, 1.82) is 0 Å². The molecule has 1 aromatic carbocycles. The van der Waals surface area contributed by atoms with Gasteiger partial charge in [0.25, 0.3) is 0 Å². The Balaban J connectivity index is 0.00000169. The fourth-order valence-corrected chi connectivity index (χ4v) is 1.71. The molecule has 0 aromatic heterocycles. The number of hydrogen-bond donors (Lipinski definition) is 1. The maximum atomic E-state index is 10.4. The van der Waals surface area contributed by atoms with Crippen molar-refractivity contribution in [3.63, 3.8) is 0 Å². The van der Waals surface area contributed by atoms with E-state index in [2.05, 4.69) is 12.1 Å². The van der Waals surface area contributed by atoms with Gasteiger partial charge in [0.2, 0.25) is 0 Å². The molecule has 4 heteroatoms. The molecule has 1 radical (unpaired) electrons. The molecule has 0 saturated heterocycles. The minimum absolute atomic E-state index is 0. The van der Waals surface area contributed by atoms with Crippen LogP contribution in [0.3, 0.4) is 0 Å². The number of unbranched alkanes of at least 4 members (excludes halogenated alkanes) is 1. The Morgan fingerprint density at radius 2 is 1.79 bits per heavy atom. The molecule has 0 aliphatic rings.